The number of piperidine rings is 1. The molecule has 1 aliphatic rings. The van der Waals surface area contributed by atoms with Gasteiger partial charge in [-0.25, -0.2) is 9.59 Å². The molecule has 0 spiro atoms. The van der Waals surface area contributed by atoms with Gasteiger partial charge >= 0.3 is 11.9 Å². The van der Waals surface area contributed by atoms with E-state index in [-0.39, 0.29) is 0 Å². The van der Waals surface area contributed by atoms with Crippen LogP contribution in [0.15, 0.2) is 76.5 Å². The minimum atomic E-state index is -1.26. The van der Waals surface area contributed by atoms with Crippen molar-refractivity contribution in [3.05, 3.63) is 72.3 Å². The molecule has 0 aliphatic carbocycles. The van der Waals surface area contributed by atoms with Gasteiger partial charge in [0.2, 0.25) is 0 Å². The van der Waals surface area contributed by atoms with E-state index in [1.54, 1.807) is 0 Å². The number of carboxylic acids is 2. The van der Waals surface area contributed by atoms with Crippen molar-refractivity contribution >= 4 is 23.7 Å². The van der Waals surface area contributed by atoms with Crippen molar-refractivity contribution in [3.63, 3.8) is 0 Å². The second-order valence-corrected chi connectivity index (χ2v) is 7.48. The highest BCUT2D eigenvalue weighted by Crippen LogP contribution is 2.31. The monoisotopic (exact) mass is 399 g/mol. The number of benzene rings is 2. The average Bonchev–Trinajstić information content (AvgIpc) is 2.70. The standard InChI is InChI=1S/C18H21NS.C4H4O4/c1-3-10-17(11-4-1)20-18-12-6-5-9-16(18)15-19-13-7-2-8-14-19;5-3(6)1-2-4(7)8/h1,3-6,9-12H,2,7-8,13-15H2;1-2H,(H,5,6)(H,7,8). The lowest BCUT2D eigenvalue weighted by Gasteiger charge is -2.27. The Balaban J connectivity index is 0.000000300. The molecule has 1 aliphatic heterocycles. The molecule has 2 N–H and O–H groups in total. The lowest BCUT2D eigenvalue weighted by atomic mass is 10.1. The summed E-state index contributed by atoms with van der Waals surface area (Å²) in [6.07, 6.45) is 5.23. The zero-order chi connectivity index (χ0) is 20.2. The van der Waals surface area contributed by atoms with Gasteiger partial charge in [0.25, 0.3) is 0 Å². The van der Waals surface area contributed by atoms with Crippen molar-refractivity contribution < 1.29 is 19.8 Å². The van der Waals surface area contributed by atoms with Crippen LogP contribution in [0.5, 0.6) is 0 Å². The molecule has 1 fully saturated rings. The van der Waals surface area contributed by atoms with Gasteiger partial charge in [-0.05, 0) is 49.7 Å². The molecule has 1 saturated heterocycles. The summed E-state index contributed by atoms with van der Waals surface area (Å²) in [7, 11) is 0. The second kappa shape index (κ2) is 12.0. The summed E-state index contributed by atoms with van der Waals surface area (Å²) >= 11 is 1.88. The molecule has 3 rings (SSSR count). The van der Waals surface area contributed by atoms with Gasteiger partial charge in [-0.15, -0.1) is 0 Å². The van der Waals surface area contributed by atoms with E-state index >= 15 is 0 Å². The van der Waals surface area contributed by atoms with Crippen LogP contribution in [0, 0.1) is 0 Å². The van der Waals surface area contributed by atoms with Crippen LogP contribution in [-0.4, -0.2) is 40.1 Å². The SMILES string of the molecule is O=C(O)C=CC(=O)O.c1ccc(Sc2ccccc2CN2CCCCC2)cc1. The molecule has 0 atom stereocenters. The minimum absolute atomic E-state index is 0.558. The fourth-order valence-corrected chi connectivity index (χ4v) is 3.81. The van der Waals surface area contributed by atoms with Gasteiger partial charge in [0.05, 0.1) is 0 Å². The summed E-state index contributed by atoms with van der Waals surface area (Å²) < 4.78 is 0. The van der Waals surface area contributed by atoms with E-state index in [1.807, 2.05) is 11.8 Å². The molecule has 0 unspecified atom stereocenters. The van der Waals surface area contributed by atoms with Crippen molar-refractivity contribution in [2.75, 3.05) is 13.1 Å². The predicted octanol–water partition coefficient (Wildman–Crippen LogP) is 4.54. The molecular weight excluding hydrogens is 374 g/mol. The highest BCUT2D eigenvalue weighted by atomic mass is 32.2. The van der Waals surface area contributed by atoms with Crippen LogP contribution >= 0.6 is 11.8 Å². The van der Waals surface area contributed by atoms with E-state index in [0.29, 0.717) is 12.2 Å². The molecule has 5 nitrogen and oxygen atoms in total. The van der Waals surface area contributed by atoms with Crippen LogP contribution in [0.4, 0.5) is 0 Å². The van der Waals surface area contributed by atoms with Gasteiger partial charge in [-0.2, -0.15) is 0 Å². The highest BCUT2D eigenvalue weighted by molar-refractivity contribution is 7.99. The lowest BCUT2D eigenvalue weighted by Crippen LogP contribution is -2.29. The summed E-state index contributed by atoms with van der Waals surface area (Å²) in [5.41, 5.74) is 1.46. The van der Waals surface area contributed by atoms with E-state index in [4.69, 9.17) is 10.2 Å². The first-order valence-corrected chi connectivity index (χ1v) is 10.0. The zero-order valence-corrected chi connectivity index (χ0v) is 16.5. The first-order chi connectivity index (χ1) is 13.5. The van der Waals surface area contributed by atoms with Crippen LogP contribution < -0.4 is 0 Å². The number of aliphatic carboxylic acids is 2. The van der Waals surface area contributed by atoms with E-state index < -0.39 is 11.9 Å². The van der Waals surface area contributed by atoms with Gasteiger partial charge in [-0.1, -0.05) is 54.6 Å². The van der Waals surface area contributed by atoms with Crippen molar-refractivity contribution in [2.24, 2.45) is 0 Å². The molecule has 0 radical (unpaired) electrons. The Hall–Kier alpha value is -2.57. The van der Waals surface area contributed by atoms with E-state index in [1.165, 1.54) is 47.7 Å². The molecule has 0 amide bonds. The summed E-state index contributed by atoms with van der Waals surface area (Å²) in [4.78, 5) is 24.4. The Bertz CT molecular complexity index is 770. The third kappa shape index (κ3) is 8.41. The number of rotatable bonds is 6. The molecule has 0 aromatic heterocycles. The fraction of sp³-hybridized carbons (Fsp3) is 0.273. The Morgan fingerprint density at radius 3 is 2.04 bits per heavy atom. The zero-order valence-electron chi connectivity index (χ0n) is 15.7. The van der Waals surface area contributed by atoms with Crippen LogP contribution in [0.3, 0.4) is 0 Å². The number of carbonyl (C=O) groups is 2. The van der Waals surface area contributed by atoms with E-state index in [0.717, 1.165) is 6.54 Å². The smallest absolute Gasteiger partial charge is 0.328 e. The van der Waals surface area contributed by atoms with E-state index in [9.17, 15) is 9.59 Å². The Morgan fingerprint density at radius 1 is 0.857 bits per heavy atom. The minimum Gasteiger partial charge on any atom is -0.478 e. The summed E-state index contributed by atoms with van der Waals surface area (Å²) in [6.45, 7) is 3.60. The maximum absolute atomic E-state index is 9.55. The Kier molecular flexibility index (Phi) is 9.31. The topological polar surface area (TPSA) is 77.8 Å². The maximum Gasteiger partial charge on any atom is 0.328 e. The van der Waals surface area contributed by atoms with E-state index in [2.05, 4.69) is 59.5 Å². The van der Waals surface area contributed by atoms with Gasteiger partial charge in [-0.3, -0.25) is 4.90 Å². The third-order valence-electron chi connectivity index (χ3n) is 4.15. The highest BCUT2D eigenvalue weighted by Gasteiger charge is 2.12. The predicted molar refractivity (Wildman–Crippen MR) is 111 cm³/mol. The number of likely N-dealkylation sites (tertiary alicyclic amines) is 1. The van der Waals surface area contributed by atoms with Crippen molar-refractivity contribution in [3.8, 4) is 0 Å². The van der Waals surface area contributed by atoms with Crippen LogP contribution in [0.1, 0.15) is 24.8 Å². The summed E-state index contributed by atoms with van der Waals surface area (Å²) in [5, 5.41) is 15.6. The quantitative estimate of drug-likeness (QED) is 0.695. The van der Waals surface area contributed by atoms with Crippen LogP contribution in [0.25, 0.3) is 0 Å². The maximum atomic E-state index is 9.55. The molecular formula is C22H25NO4S. The summed E-state index contributed by atoms with van der Waals surface area (Å²) in [5.74, 6) is -2.51. The van der Waals surface area contributed by atoms with Gasteiger partial charge < -0.3 is 10.2 Å². The molecule has 0 bridgehead atoms. The first-order valence-electron chi connectivity index (χ1n) is 9.21. The average molecular weight is 400 g/mol. The normalized spacial score (nSPS) is 14.3. The Morgan fingerprint density at radius 2 is 1.43 bits per heavy atom. The number of nitrogens with zero attached hydrogens (tertiary/aromatic N) is 1. The number of hydrogen-bond acceptors (Lipinski definition) is 4. The Labute approximate surface area is 169 Å². The van der Waals surface area contributed by atoms with Crippen LogP contribution in [0.2, 0.25) is 0 Å². The lowest BCUT2D eigenvalue weighted by molar-refractivity contribution is -0.134. The van der Waals surface area contributed by atoms with Gasteiger partial charge in [0, 0.05) is 28.5 Å². The molecule has 2 aromatic carbocycles. The summed E-state index contributed by atoms with van der Waals surface area (Å²) in [6, 6.07) is 19.5. The first kappa shape index (κ1) is 21.7. The van der Waals surface area contributed by atoms with Gasteiger partial charge in [0.15, 0.2) is 0 Å². The third-order valence-corrected chi connectivity index (χ3v) is 5.28. The molecule has 28 heavy (non-hydrogen) atoms. The number of carboxylic acid groups (broad SMARTS) is 2. The number of hydrogen-bond donors (Lipinski definition) is 2. The fourth-order valence-electron chi connectivity index (χ4n) is 2.85. The largest absolute Gasteiger partial charge is 0.478 e. The van der Waals surface area contributed by atoms with Crippen molar-refractivity contribution in [1.29, 1.82) is 0 Å². The van der Waals surface area contributed by atoms with Crippen molar-refractivity contribution in [2.45, 2.75) is 35.6 Å². The molecule has 0 saturated carbocycles. The molecule has 148 valence electrons. The second-order valence-electron chi connectivity index (χ2n) is 6.37. The molecule has 1 heterocycles. The molecule has 2 aromatic rings. The van der Waals surface area contributed by atoms with Crippen LogP contribution in [-0.2, 0) is 16.1 Å². The van der Waals surface area contributed by atoms with Gasteiger partial charge in [0.1, 0.15) is 0 Å². The molecule has 6 heteroatoms. The van der Waals surface area contributed by atoms with Crippen molar-refractivity contribution in [1.82, 2.24) is 4.90 Å².